The Hall–Kier alpha value is -2.77. The smallest absolute Gasteiger partial charge is 0.418 e. The van der Waals surface area contributed by atoms with Crippen LogP contribution in [0.25, 0.3) is 0 Å². The highest BCUT2D eigenvalue weighted by Crippen LogP contribution is 2.40. The molecule has 4 heterocycles. The van der Waals surface area contributed by atoms with Crippen LogP contribution in [0.1, 0.15) is 51.8 Å². The van der Waals surface area contributed by atoms with E-state index in [4.69, 9.17) is 9.47 Å². The van der Waals surface area contributed by atoms with Gasteiger partial charge in [-0.3, -0.25) is 15.1 Å². The predicted molar refractivity (Wildman–Crippen MR) is 136 cm³/mol. The third kappa shape index (κ3) is 6.80. The molecule has 0 saturated carbocycles. The Kier molecular flexibility index (Phi) is 8.01. The fraction of sp³-hybridized carbons (Fsp3) is 0.600. The van der Waals surface area contributed by atoms with Gasteiger partial charge in [-0.25, -0.2) is 9.78 Å². The third-order valence-electron chi connectivity index (χ3n) is 6.49. The van der Waals surface area contributed by atoms with E-state index in [1.807, 2.05) is 5.38 Å². The SMILES string of the molecule is CC1OC2(CCN(CCc3csc(NC(=O)OC(C)(C)C)n3)CC2)CN(c2cnccc2C(F)(F)F)C1=O. The van der Waals surface area contributed by atoms with Crippen LogP contribution in [0, 0.1) is 0 Å². The van der Waals surface area contributed by atoms with Crippen molar-refractivity contribution in [1.29, 1.82) is 0 Å². The Labute approximate surface area is 223 Å². The van der Waals surface area contributed by atoms with E-state index >= 15 is 0 Å². The average molecular weight is 556 g/mol. The van der Waals surface area contributed by atoms with Crippen LogP contribution >= 0.6 is 11.3 Å². The first-order chi connectivity index (χ1) is 17.7. The number of anilines is 2. The number of likely N-dealkylation sites (tertiary alicyclic amines) is 1. The largest absolute Gasteiger partial charge is 0.444 e. The fourth-order valence-corrected chi connectivity index (χ4v) is 5.43. The average Bonchev–Trinajstić information content (AvgIpc) is 3.26. The number of alkyl halides is 3. The van der Waals surface area contributed by atoms with Gasteiger partial charge in [-0.15, -0.1) is 11.3 Å². The molecule has 2 saturated heterocycles. The molecule has 2 aliphatic rings. The number of pyridine rings is 1. The summed E-state index contributed by atoms with van der Waals surface area (Å²) in [5.74, 6) is -0.504. The van der Waals surface area contributed by atoms with Gasteiger partial charge < -0.3 is 19.3 Å². The van der Waals surface area contributed by atoms with E-state index in [1.54, 1.807) is 27.7 Å². The first kappa shape index (κ1) is 28.2. The minimum absolute atomic E-state index is 0.0462. The number of hydrogen-bond acceptors (Lipinski definition) is 8. The molecule has 9 nitrogen and oxygen atoms in total. The number of morpholine rings is 1. The first-order valence-corrected chi connectivity index (χ1v) is 13.3. The summed E-state index contributed by atoms with van der Waals surface area (Å²) < 4.78 is 52.2. The fourth-order valence-electron chi connectivity index (χ4n) is 4.70. The number of halogens is 3. The van der Waals surface area contributed by atoms with Crippen molar-refractivity contribution in [2.45, 2.75) is 70.4 Å². The van der Waals surface area contributed by atoms with Gasteiger partial charge in [0.25, 0.3) is 5.91 Å². The Bertz CT molecular complexity index is 1160. The van der Waals surface area contributed by atoms with Crippen LogP contribution < -0.4 is 10.2 Å². The number of piperidine rings is 1. The summed E-state index contributed by atoms with van der Waals surface area (Å²) in [5.41, 5.74) is -1.60. The summed E-state index contributed by atoms with van der Waals surface area (Å²) >= 11 is 1.33. The number of rotatable bonds is 5. The summed E-state index contributed by atoms with van der Waals surface area (Å²) in [6.45, 7) is 9.05. The summed E-state index contributed by atoms with van der Waals surface area (Å²) in [5, 5.41) is 5.00. The van der Waals surface area contributed by atoms with Gasteiger partial charge in [-0.2, -0.15) is 13.2 Å². The standard InChI is InChI=1S/C25H32F3N5O4S/c1-16-20(34)33(19-13-29-9-5-18(19)25(26,27)28)15-24(36-16)7-11-32(12-8-24)10-6-17-14-38-21(30-17)31-22(35)37-23(2,3)4/h5,9,13-14,16H,6-8,10-12,15H2,1-4H3,(H,30,31,35). The van der Waals surface area contributed by atoms with Gasteiger partial charge in [0.1, 0.15) is 11.7 Å². The van der Waals surface area contributed by atoms with Crippen molar-refractivity contribution in [2.75, 3.05) is 36.4 Å². The van der Waals surface area contributed by atoms with Gasteiger partial charge in [-0.1, -0.05) is 0 Å². The normalized spacial score (nSPS) is 20.6. The van der Waals surface area contributed by atoms with Gasteiger partial charge in [-0.05, 0) is 46.6 Å². The number of amides is 2. The molecule has 0 bridgehead atoms. The monoisotopic (exact) mass is 555 g/mol. The summed E-state index contributed by atoms with van der Waals surface area (Å²) in [4.78, 5) is 36.5. The van der Waals surface area contributed by atoms with Crippen molar-refractivity contribution >= 4 is 34.2 Å². The van der Waals surface area contributed by atoms with Gasteiger partial charge in [0.15, 0.2) is 5.13 Å². The Balaban J connectivity index is 1.34. The molecule has 1 unspecified atom stereocenters. The minimum Gasteiger partial charge on any atom is -0.444 e. The van der Waals surface area contributed by atoms with Crippen LogP contribution in [0.4, 0.5) is 28.8 Å². The van der Waals surface area contributed by atoms with E-state index in [9.17, 15) is 22.8 Å². The predicted octanol–water partition coefficient (Wildman–Crippen LogP) is 4.73. The van der Waals surface area contributed by atoms with Crippen molar-refractivity contribution in [2.24, 2.45) is 0 Å². The molecule has 2 amide bonds. The van der Waals surface area contributed by atoms with Crippen LogP contribution in [0.15, 0.2) is 23.8 Å². The zero-order chi connectivity index (χ0) is 27.7. The second-order valence-corrected chi connectivity index (χ2v) is 11.5. The van der Waals surface area contributed by atoms with Crippen molar-refractivity contribution in [1.82, 2.24) is 14.9 Å². The molecule has 2 aliphatic heterocycles. The van der Waals surface area contributed by atoms with E-state index in [1.165, 1.54) is 16.2 Å². The number of carbonyl (C=O) groups is 2. The topological polar surface area (TPSA) is 96.9 Å². The minimum atomic E-state index is -4.60. The molecule has 0 aliphatic carbocycles. The molecule has 38 heavy (non-hydrogen) atoms. The van der Waals surface area contributed by atoms with Crippen LogP contribution in [0.3, 0.4) is 0 Å². The summed E-state index contributed by atoms with van der Waals surface area (Å²) in [6.07, 6.45) is -2.02. The van der Waals surface area contributed by atoms with Crippen molar-refractivity contribution in [3.63, 3.8) is 0 Å². The maximum absolute atomic E-state index is 13.6. The highest BCUT2D eigenvalue weighted by Gasteiger charge is 2.47. The molecule has 1 N–H and O–H groups in total. The number of nitrogens with one attached hydrogen (secondary N) is 1. The van der Waals surface area contributed by atoms with Crippen LogP contribution in [0.5, 0.6) is 0 Å². The highest BCUT2D eigenvalue weighted by atomic mass is 32.1. The summed E-state index contributed by atoms with van der Waals surface area (Å²) in [7, 11) is 0. The lowest BCUT2D eigenvalue weighted by atomic mass is 9.88. The molecular weight excluding hydrogens is 523 g/mol. The molecule has 2 aromatic rings. The molecule has 4 rings (SSSR count). The lowest BCUT2D eigenvalue weighted by Crippen LogP contribution is -2.62. The third-order valence-corrected chi connectivity index (χ3v) is 7.30. The van der Waals surface area contributed by atoms with E-state index < -0.39 is 41.0 Å². The van der Waals surface area contributed by atoms with Gasteiger partial charge in [0.2, 0.25) is 0 Å². The quantitative estimate of drug-likeness (QED) is 0.570. The molecule has 2 aromatic heterocycles. The molecule has 1 spiro atoms. The zero-order valence-corrected chi connectivity index (χ0v) is 22.6. The van der Waals surface area contributed by atoms with Gasteiger partial charge >= 0.3 is 12.3 Å². The van der Waals surface area contributed by atoms with E-state index in [-0.39, 0.29) is 12.2 Å². The lowest BCUT2D eigenvalue weighted by molar-refractivity contribution is -0.162. The Morgan fingerprint density at radius 2 is 2.00 bits per heavy atom. The molecular formula is C25H32F3N5O4S. The van der Waals surface area contributed by atoms with Crippen molar-refractivity contribution < 1.29 is 32.2 Å². The zero-order valence-electron chi connectivity index (χ0n) is 21.8. The first-order valence-electron chi connectivity index (χ1n) is 12.4. The van der Waals surface area contributed by atoms with Crippen LogP contribution in [0.2, 0.25) is 0 Å². The van der Waals surface area contributed by atoms with Crippen LogP contribution in [-0.4, -0.2) is 70.4 Å². The molecule has 13 heteroatoms. The molecule has 1 atom stereocenters. The number of carbonyl (C=O) groups excluding carboxylic acids is 2. The molecule has 208 valence electrons. The van der Waals surface area contributed by atoms with Crippen LogP contribution in [-0.2, 0) is 26.9 Å². The maximum Gasteiger partial charge on any atom is 0.418 e. The number of aromatic nitrogens is 2. The lowest BCUT2D eigenvalue weighted by Gasteiger charge is -2.49. The number of ether oxygens (including phenoxy) is 2. The number of nitrogens with zero attached hydrogens (tertiary/aromatic N) is 4. The van der Waals surface area contributed by atoms with Gasteiger partial charge in [0, 0.05) is 37.6 Å². The van der Waals surface area contributed by atoms with E-state index in [0.29, 0.717) is 37.5 Å². The Morgan fingerprint density at radius 1 is 1.29 bits per heavy atom. The van der Waals surface area contributed by atoms with E-state index in [0.717, 1.165) is 30.7 Å². The van der Waals surface area contributed by atoms with Gasteiger partial charge in [0.05, 0.1) is 35.3 Å². The number of thiazole rings is 1. The maximum atomic E-state index is 13.6. The highest BCUT2D eigenvalue weighted by molar-refractivity contribution is 7.13. The van der Waals surface area contributed by atoms with Crippen molar-refractivity contribution in [3.8, 4) is 0 Å². The van der Waals surface area contributed by atoms with E-state index in [2.05, 4.69) is 20.2 Å². The molecule has 2 fully saturated rings. The Morgan fingerprint density at radius 3 is 2.66 bits per heavy atom. The second-order valence-electron chi connectivity index (χ2n) is 10.6. The molecule has 0 radical (unpaired) electrons. The van der Waals surface area contributed by atoms with Crippen molar-refractivity contribution in [3.05, 3.63) is 35.1 Å². The molecule has 0 aromatic carbocycles. The number of hydrogen-bond donors (Lipinski definition) is 1. The second kappa shape index (κ2) is 10.8. The summed E-state index contributed by atoms with van der Waals surface area (Å²) in [6, 6.07) is 0.894.